The highest BCUT2D eigenvalue weighted by molar-refractivity contribution is 6.30. The molecule has 1 saturated heterocycles. The zero-order chi connectivity index (χ0) is 20.6. The molecule has 29 heavy (non-hydrogen) atoms. The van der Waals surface area contributed by atoms with Gasteiger partial charge in [0, 0.05) is 10.7 Å². The van der Waals surface area contributed by atoms with E-state index in [9.17, 15) is 9.59 Å². The van der Waals surface area contributed by atoms with E-state index in [1.807, 2.05) is 24.3 Å². The van der Waals surface area contributed by atoms with Crippen molar-refractivity contribution in [2.75, 3.05) is 44.6 Å². The Hall–Kier alpha value is -2.57. The second-order valence-electron chi connectivity index (χ2n) is 7.11. The maximum atomic E-state index is 12.4. The van der Waals surface area contributed by atoms with Gasteiger partial charge in [-0.2, -0.15) is 0 Å². The Kier molecular flexibility index (Phi) is 7.49. The van der Waals surface area contributed by atoms with Gasteiger partial charge in [0.2, 0.25) is 0 Å². The summed E-state index contributed by atoms with van der Waals surface area (Å²) in [6.07, 6.45) is 0.876. The first-order valence-corrected chi connectivity index (χ1v) is 10.3. The molecule has 0 unspecified atom stereocenters. The number of anilines is 1. The third kappa shape index (κ3) is 6.21. The minimum atomic E-state index is -0.0506. The van der Waals surface area contributed by atoms with Crippen molar-refractivity contribution < 1.29 is 19.2 Å². The fraction of sp³-hybridized carbons (Fsp3) is 0.364. The molecule has 0 atom stereocenters. The van der Waals surface area contributed by atoms with Gasteiger partial charge in [-0.15, -0.1) is 0 Å². The molecule has 0 radical (unpaired) electrons. The minimum absolute atomic E-state index is 0.00460. The highest BCUT2D eigenvalue weighted by Crippen LogP contribution is 2.17. The summed E-state index contributed by atoms with van der Waals surface area (Å²) in [7, 11) is 0. The lowest BCUT2D eigenvalue weighted by atomic mass is 10.1. The predicted molar refractivity (Wildman–Crippen MR) is 114 cm³/mol. The molecule has 2 aromatic rings. The molecule has 1 aliphatic rings. The lowest BCUT2D eigenvalue weighted by Gasteiger charge is -2.31. The van der Waals surface area contributed by atoms with Gasteiger partial charge < -0.3 is 19.9 Å². The number of halogens is 1. The Morgan fingerprint density at radius 2 is 1.90 bits per heavy atom. The number of rotatable bonds is 7. The molecule has 1 aliphatic heterocycles. The Bertz CT molecular complexity index is 851. The van der Waals surface area contributed by atoms with E-state index in [-0.39, 0.29) is 18.4 Å². The van der Waals surface area contributed by atoms with Gasteiger partial charge in [0.05, 0.1) is 26.2 Å². The van der Waals surface area contributed by atoms with Crippen molar-refractivity contribution in [1.82, 2.24) is 4.90 Å². The van der Waals surface area contributed by atoms with E-state index in [1.165, 1.54) is 4.90 Å². The van der Waals surface area contributed by atoms with E-state index >= 15 is 0 Å². The molecule has 0 spiro atoms. The van der Waals surface area contributed by atoms with E-state index < -0.39 is 0 Å². The van der Waals surface area contributed by atoms with Crippen molar-refractivity contribution in [2.24, 2.45) is 0 Å². The number of carbonyl (C=O) groups is 2. The molecule has 2 amide bonds. The van der Waals surface area contributed by atoms with Crippen LogP contribution < -0.4 is 15.0 Å². The molecule has 0 aromatic heterocycles. The van der Waals surface area contributed by atoms with E-state index in [2.05, 4.69) is 12.2 Å². The number of aryl methyl sites for hydroxylation is 1. The third-order valence-electron chi connectivity index (χ3n) is 5.06. The van der Waals surface area contributed by atoms with E-state index in [0.29, 0.717) is 30.4 Å². The normalized spacial score (nSPS) is 14.5. The molecular weight excluding hydrogens is 390 g/mol. The van der Waals surface area contributed by atoms with E-state index in [0.717, 1.165) is 30.8 Å². The number of quaternary nitrogens is 1. The van der Waals surface area contributed by atoms with Gasteiger partial charge in [-0.25, -0.2) is 0 Å². The molecule has 154 valence electrons. The summed E-state index contributed by atoms with van der Waals surface area (Å²) < 4.78 is 5.53. The Morgan fingerprint density at radius 3 is 2.62 bits per heavy atom. The summed E-state index contributed by atoms with van der Waals surface area (Å²) in [6.45, 7) is 5.18. The number of para-hydroxylation sites is 1. The van der Waals surface area contributed by atoms with Crippen LogP contribution in [0.15, 0.2) is 48.5 Å². The third-order valence-corrected chi connectivity index (χ3v) is 5.30. The van der Waals surface area contributed by atoms with Crippen molar-refractivity contribution in [1.29, 1.82) is 0 Å². The summed E-state index contributed by atoms with van der Waals surface area (Å²) in [4.78, 5) is 27.8. The molecule has 3 rings (SSSR count). The van der Waals surface area contributed by atoms with Crippen LogP contribution in [-0.4, -0.2) is 56.0 Å². The van der Waals surface area contributed by atoms with E-state index in [4.69, 9.17) is 16.3 Å². The van der Waals surface area contributed by atoms with Crippen LogP contribution in [0.2, 0.25) is 5.02 Å². The second kappa shape index (κ2) is 10.3. The zero-order valence-electron chi connectivity index (χ0n) is 16.6. The first kappa shape index (κ1) is 21.1. The number of hydrogen-bond donors (Lipinski definition) is 2. The summed E-state index contributed by atoms with van der Waals surface area (Å²) in [5.41, 5.74) is 2.01. The highest BCUT2D eigenvalue weighted by atomic mass is 35.5. The summed E-state index contributed by atoms with van der Waals surface area (Å²) in [6, 6.07) is 14.9. The molecule has 1 fully saturated rings. The second-order valence-corrected chi connectivity index (χ2v) is 7.55. The van der Waals surface area contributed by atoms with Crippen molar-refractivity contribution >= 4 is 29.1 Å². The molecule has 6 nitrogen and oxygen atoms in total. The van der Waals surface area contributed by atoms with Crippen LogP contribution in [0.3, 0.4) is 0 Å². The number of amides is 2. The van der Waals surface area contributed by atoms with Crippen LogP contribution >= 0.6 is 11.6 Å². The van der Waals surface area contributed by atoms with Crippen LogP contribution in [0.5, 0.6) is 5.75 Å². The SMILES string of the molecule is CCc1ccccc1NC(=O)C[NH+]1CCN(C(=O)COc2cccc(Cl)c2)CC1. The molecule has 1 heterocycles. The molecule has 7 heteroatoms. The monoisotopic (exact) mass is 416 g/mol. The Morgan fingerprint density at radius 1 is 1.14 bits per heavy atom. The number of piperazine rings is 1. The van der Waals surface area contributed by atoms with Crippen LogP contribution in [0, 0.1) is 0 Å². The molecular formula is C22H27ClN3O3+. The standard InChI is InChI=1S/C22H26ClN3O3/c1-2-17-6-3-4-9-20(17)24-21(27)15-25-10-12-26(13-11-25)22(28)16-29-19-8-5-7-18(23)14-19/h3-9,14H,2,10-13,15-16H2,1H3,(H,24,27)/p+1. The van der Waals surface area contributed by atoms with Crippen molar-refractivity contribution in [2.45, 2.75) is 13.3 Å². The van der Waals surface area contributed by atoms with Gasteiger partial charge in [0.1, 0.15) is 5.75 Å². The number of nitrogens with one attached hydrogen (secondary N) is 2. The first-order chi connectivity index (χ1) is 14.0. The fourth-order valence-corrected chi connectivity index (χ4v) is 3.59. The fourth-order valence-electron chi connectivity index (χ4n) is 3.41. The maximum absolute atomic E-state index is 12.4. The molecule has 2 N–H and O–H groups in total. The van der Waals surface area contributed by atoms with Gasteiger partial charge in [0.15, 0.2) is 13.2 Å². The van der Waals surface area contributed by atoms with Crippen molar-refractivity contribution in [3.05, 3.63) is 59.1 Å². The largest absolute Gasteiger partial charge is 0.484 e. The van der Waals surface area contributed by atoms with E-state index in [1.54, 1.807) is 29.2 Å². The molecule has 0 aliphatic carbocycles. The lowest BCUT2D eigenvalue weighted by molar-refractivity contribution is -0.895. The van der Waals surface area contributed by atoms with Crippen LogP contribution in [0.25, 0.3) is 0 Å². The predicted octanol–water partition coefficient (Wildman–Crippen LogP) is 1.65. The summed E-state index contributed by atoms with van der Waals surface area (Å²) in [5.74, 6) is 0.537. The Labute approximate surface area is 176 Å². The molecule has 0 saturated carbocycles. The minimum Gasteiger partial charge on any atom is -0.484 e. The number of ether oxygens (including phenoxy) is 1. The molecule has 0 bridgehead atoms. The average Bonchev–Trinajstić information content (AvgIpc) is 2.73. The average molecular weight is 417 g/mol. The highest BCUT2D eigenvalue weighted by Gasteiger charge is 2.25. The lowest BCUT2D eigenvalue weighted by Crippen LogP contribution is -3.15. The van der Waals surface area contributed by atoms with Crippen molar-refractivity contribution in [3.8, 4) is 5.75 Å². The van der Waals surface area contributed by atoms with Gasteiger partial charge in [-0.3, -0.25) is 9.59 Å². The van der Waals surface area contributed by atoms with Gasteiger partial charge in [-0.1, -0.05) is 42.8 Å². The van der Waals surface area contributed by atoms with Gasteiger partial charge >= 0.3 is 0 Å². The number of hydrogen-bond acceptors (Lipinski definition) is 3. The molecule has 2 aromatic carbocycles. The van der Waals surface area contributed by atoms with Crippen LogP contribution in [0.1, 0.15) is 12.5 Å². The quantitative estimate of drug-likeness (QED) is 0.721. The van der Waals surface area contributed by atoms with Crippen molar-refractivity contribution in [3.63, 3.8) is 0 Å². The number of carbonyl (C=O) groups excluding carboxylic acids is 2. The first-order valence-electron chi connectivity index (χ1n) is 9.92. The van der Waals surface area contributed by atoms with Crippen LogP contribution in [0.4, 0.5) is 5.69 Å². The number of benzene rings is 2. The van der Waals surface area contributed by atoms with Gasteiger partial charge in [0.25, 0.3) is 11.8 Å². The summed E-state index contributed by atoms with van der Waals surface area (Å²) >= 11 is 5.92. The van der Waals surface area contributed by atoms with Gasteiger partial charge in [-0.05, 0) is 36.2 Å². The number of nitrogens with zero attached hydrogens (tertiary/aromatic N) is 1. The maximum Gasteiger partial charge on any atom is 0.279 e. The zero-order valence-corrected chi connectivity index (χ0v) is 17.4. The van der Waals surface area contributed by atoms with Crippen LogP contribution in [-0.2, 0) is 16.0 Å². The summed E-state index contributed by atoms with van der Waals surface area (Å²) in [5, 5.41) is 3.59. The Balaban J connectivity index is 1.41. The topological polar surface area (TPSA) is 63.1 Å². The smallest absolute Gasteiger partial charge is 0.279 e.